The molecule has 120 valence electrons. The van der Waals surface area contributed by atoms with Crippen molar-refractivity contribution in [2.75, 3.05) is 18.0 Å². The molecule has 1 heterocycles. The first-order valence-corrected chi connectivity index (χ1v) is 8.34. The standard InChI is InChI=1S/C18H26N2O2/c1-13-6-9-18(22,10-7-13)12-20-11-8-15(17(19)21)14-4-2-3-5-16(14)20/h2-5,13,15,22H,6-12H2,1H3,(H2,19,21). The number of hydrogen-bond acceptors (Lipinski definition) is 3. The van der Waals surface area contributed by atoms with Gasteiger partial charge in [-0.3, -0.25) is 4.79 Å². The number of hydrogen-bond donors (Lipinski definition) is 2. The Morgan fingerprint density at radius 3 is 2.68 bits per heavy atom. The highest BCUT2D eigenvalue weighted by Gasteiger charge is 2.36. The van der Waals surface area contributed by atoms with Crippen molar-refractivity contribution < 1.29 is 9.90 Å². The fraction of sp³-hybridized carbons (Fsp3) is 0.611. The lowest BCUT2D eigenvalue weighted by Gasteiger charge is -2.42. The number of anilines is 1. The average molecular weight is 302 g/mol. The molecule has 1 atom stereocenters. The van der Waals surface area contributed by atoms with Gasteiger partial charge in [-0.15, -0.1) is 0 Å². The molecule has 0 spiro atoms. The summed E-state index contributed by atoms with van der Waals surface area (Å²) in [5.41, 5.74) is 7.02. The summed E-state index contributed by atoms with van der Waals surface area (Å²) in [7, 11) is 0. The van der Waals surface area contributed by atoms with Crippen LogP contribution in [0.4, 0.5) is 5.69 Å². The Labute approximate surface area is 132 Å². The number of fused-ring (bicyclic) bond motifs is 1. The third-order valence-corrected chi connectivity index (χ3v) is 5.37. The molecular formula is C18H26N2O2. The number of β-amino-alcohol motifs (C(OH)–C–C–N with tert-alkyl or cyclic N) is 1. The molecule has 0 aromatic heterocycles. The lowest BCUT2D eigenvalue weighted by Crippen LogP contribution is -2.48. The Bertz CT molecular complexity index is 550. The predicted octanol–water partition coefficient (Wildman–Crippen LogP) is 2.41. The fourth-order valence-corrected chi connectivity index (χ4v) is 3.90. The van der Waals surface area contributed by atoms with Crippen LogP contribution in [0.15, 0.2) is 24.3 Å². The van der Waals surface area contributed by atoms with Gasteiger partial charge in [-0.2, -0.15) is 0 Å². The molecule has 4 nitrogen and oxygen atoms in total. The van der Waals surface area contributed by atoms with Crippen molar-refractivity contribution in [1.29, 1.82) is 0 Å². The number of amides is 1. The minimum Gasteiger partial charge on any atom is -0.388 e. The molecule has 0 bridgehead atoms. The van der Waals surface area contributed by atoms with Gasteiger partial charge in [0, 0.05) is 18.8 Å². The first-order chi connectivity index (χ1) is 10.5. The van der Waals surface area contributed by atoms with Crippen LogP contribution < -0.4 is 10.6 Å². The zero-order valence-corrected chi connectivity index (χ0v) is 13.3. The van der Waals surface area contributed by atoms with E-state index in [2.05, 4.69) is 11.8 Å². The largest absolute Gasteiger partial charge is 0.388 e. The van der Waals surface area contributed by atoms with E-state index in [1.54, 1.807) is 0 Å². The number of carbonyl (C=O) groups excluding carboxylic acids is 1. The van der Waals surface area contributed by atoms with Gasteiger partial charge in [0.05, 0.1) is 11.5 Å². The highest BCUT2D eigenvalue weighted by molar-refractivity contribution is 5.85. The molecule has 1 saturated carbocycles. The lowest BCUT2D eigenvalue weighted by atomic mass is 9.78. The quantitative estimate of drug-likeness (QED) is 0.901. The monoisotopic (exact) mass is 302 g/mol. The Morgan fingerprint density at radius 2 is 2.00 bits per heavy atom. The van der Waals surface area contributed by atoms with Gasteiger partial charge in [0.1, 0.15) is 0 Å². The highest BCUT2D eigenvalue weighted by atomic mass is 16.3. The van der Waals surface area contributed by atoms with Crippen LogP contribution in [0.1, 0.15) is 50.5 Å². The summed E-state index contributed by atoms with van der Waals surface area (Å²) >= 11 is 0. The molecule has 22 heavy (non-hydrogen) atoms. The molecule has 4 heteroatoms. The van der Waals surface area contributed by atoms with Crippen molar-refractivity contribution in [3.63, 3.8) is 0 Å². The second kappa shape index (κ2) is 5.92. The van der Waals surface area contributed by atoms with E-state index in [-0.39, 0.29) is 11.8 Å². The summed E-state index contributed by atoms with van der Waals surface area (Å²) in [5.74, 6) is 0.263. The van der Waals surface area contributed by atoms with Crippen LogP contribution in [0, 0.1) is 5.92 Å². The number of benzene rings is 1. The fourth-order valence-electron chi connectivity index (χ4n) is 3.90. The van der Waals surface area contributed by atoms with E-state index in [1.807, 2.05) is 24.3 Å². The molecule has 1 amide bonds. The van der Waals surface area contributed by atoms with Crippen molar-refractivity contribution in [2.45, 2.75) is 50.5 Å². The molecule has 0 radical (unpaired) electrons. The van der Waals surface area contributed by atoms with Crippen LogP contribution in [-0.4, -0.2) is 29.7 Å². The minimum absolute atomic E-state index is 0.200. The van der Waals surface area contributed by atoms with Crippen molar-refractivity contribution in [2.24, 2.45) is 11.7 Å². The van der Waals surface area contributed by atoms with Gasteiger partial charge < -0.3 is 15.7 Å². The normalized spacial score (nSPS) is 31.6. The van der Waals surface area contributed by atoms with Gasteiger partial charge in [0.25, 0.3) is 0 Å². The maximum absolute atomic E-state index is 11.7. The van der Waals surface area contributed by atoms with E-state index in [0.29, 0.717) is 12.5 Å². The van der Waals surface area contributed by atoms with Gasteiger partial charge in [-0.25, -0.2) is 0 Å². The molecule has 1 unspecified atom stereocenters. The molecule has 1 aliphatic carbocycles. The lowest BCUT2D eigenvalue weighted by molar-refractivity contribution is -0.119. The molecule has 3 N–H and O–H groups in total. The van der Waals surface area contributed by atoms with Gasteiger partial charge in [-0.05, 0) is 49.7 Å². The number of nitrogens with two attached hydrogens (primary N) is 1. The van der Waals surface area contributed by atoms with Crippen LogP contribution in [-0.2, 0) is 4.79 Å². The van der Waals surface area contributed by atoms with E-state index < -0.39 is 5.60 Å². The van der Waals surface area contributed by atoms with Gasteiger partial charge >= 0.3 is 0 Å². The summed E-state index contributed by atoms with van der Waals surface area (Å²) in [6, 6.07) is 7.97. The molecule has 1 fully saturated rings. The summed E-state index contributed by atoms with van der Waals surface area (Å²) in [5, 5.41) is 10.9. The maximum Gasteiger partial charge on any atom is 0.225 e. The second-order valence-corrected chi connectivity index (χ2v) is 7.13. The van der Waals surface area contributed by atoms with Crippen molar-refractivity contribution >= 4 is 11.6 Å². The van der Waals surface area contributed by atoms with E-state index in [4.69, 9.17) is 5.73 Å². The Hall–Kier alpha value is -1.55. The van der Waals surface area contributed by atoms with Crippen molar-refractivity contribution in [1.82, 2.24) is 0 Å². The summed E-state index contributed by atoms with van der Waals surface area (Å²) in [6.45, 7) is 3.69. The number of nitrogens with zero attached hydrogens (tertiary/aromatic N) is 1. The molecule has 0 saturated heterocycles. The number of carbonyl (C=O) groups is 1. The number of aliphatic hydroxyl groups is 1. The van der Waals surface area contributed by atoms with Crippen LogP contribution >= 0.6 is 0 Å². The summed E-state index contributed by atoms with van der Waals surface area (Å²) in [4.78, 5) is 13.9. The third kappa shape index (κ3) is 2.98. The summed E-state index contributed by atoms with van der Waals surface area (Å²) in [6.07, 6.45) is 4.66. The van der Waals surface area contributed by atoms with E-state index >= 15 is 0 Å². The zero-order valence-electron chi connectivity index (χ0n) is 13.3. The van der Waals surface area contributed by atoms with Crippen LogP contribution in [0.5, 0.6) is 0 Å². The molecule has 1 aliphatic heterocycles. The van der Waals surface area contributed by atoms with Crippen LogP contribution in [0.2, 0.25) is 0 Å². The topological polar surface area (TPSA) is 66.6 Å². The SMILES string of the molecule is CC1CCC(O)(CN2CCC(C(N)=O)c3ccccc32)CC1. The minimum atomic E-state index is -0.598. The van der Waals surface area contributed by atoms with Gasteiger partial charge in [0.15, 0.2) is 0 Å². The van der Waals surface area contributed by atoms with Gasteiger partial charge in [-0.1, -0.05) is 25.1 Å². The highest BCUT2D eigenvalue weighted by Crippen LogP contribution is 2.38. The third-order valence-electron chi connectivity index (χ3n) is 5.37. The molecular weight excluding hydrogens is 276 g/mol. The second-order valence-electron chi connectivity index (χ2n) is 7.13. The smallest absolute Gasteiger partial charge is 0.225 e. The first-order valence-electron chi connectivity index (χ1n) is 8.34. The Balaban J connectivity index is 1.80. The first kappa shape index (κ1) is 15.3. The average Bonchev–Trinajstić information content (AvgIpc) is 2.50. The number of para-hydroxylation sites is 1. The summed E-state index contributed by atoms with van der Waals surface area (Å²) < 4.78 is 0. The van der Waals surface area contributed by atoms with E-state index in [9.17, 15) is 9.90 Å². The van der Waals surface area contributed by atoms with E-state index in [0.717, 1.165) is 49.9 Å². The molecule has 1 aromatic carbocycles. The molecule has 1 aromatic rings. The van der Waals surface area contributed by atoms with Crippen LogP contribution in [0.3, 0.4) is 0 Å². The van der Waals surface area contributed by atoms with Crippen molar-refractivity contribution in [3.8, 4) is 0 Å². The zero-order chi connectivity index (χ0) is 15.7. The van der Waals surface area contributed by atoms with Crippen molar-refractivity contribution in [3.05, 3.63) is 29.8 Å². The number of primary amides is 1. The number of rotatable bonds is 3. The molecule has 2 aliphatic rings. The van der Waals surface area contributed by atoms with Gasteiger partial charge in [0.2, 0.25) is 5.91 Å². The molecule has 3 rings (SSSR count). The Kier molecular flexibility index (Phi) is 4.13. The van der Waals surface area contributed by atoms with Crippen LogP contribution in [0.25, 0.3) is 0 Å². The predicted molar refractivity (Wildman–Crippen MR) is 87.8 cm³/mol. The van der Waals surface area contributed by atoms with E-state index in [1.165, 1.54) is 0 Å². The maximum atomic E-state index is 11.7. The Morgan fingerprint density at radius 1 is 1.32 bits per heavy atom.